The molecule has 1 aliphatic rings. The van der Waals surface area contributed by atoms with Crippen molar-refractivity contribution < 1.29 is 17.9 Å². The molecule has 0 aliphatic carbocycles. The predicted octanol–water partition coefficient (Wildman–Crippen LogP) is 3.98. The lowest BCUT2D eigenvalue weighted by atomic mass is 9.92. The van der Waals surface area contributed by atoms with Crippen LogP contribution in [0.1, 0.15) is 11.1 Å². The molecule has 1 fully saturated rings. The van der Waals surface area contributed by atoms with E-state index in [0.717, 1.165) is 22.3 Å². The molecule has 0 N–H and O–H groups in total. The second-order valence-corrected chi connectivity index (χ2v) is 9.05. The van der Waals surface area contributed by atoms with Gasteiger partial charge in [0.25, 0.3) is 0 Å². The summed E-state index contributed by atoms with van der Waals surface area (Å²) in [4.78, 5) is 12.0. The highest BCUT2D eigenvalue weighted by molar-refractivity contribution is 7.89. The first kappa shape index (κ1) is 21.7. The molecular weight excluding hydrogens is 398 g/mol. The molecule has 0 saturated carbocycles. The number of allylic oxidation sites excluding steroid dienone is 2. The number of carbonyl (C=O) groups excluding carboxylic acids is 1. The molecule has 1 heterocycles. The molecule has 0 bridgehead atoms. The van der Waals surface area contributed by atoms with Gasteiger partial charge in [0.05, 0.1) is 12.0 Å². The van der Waals surface area contributed by atoms with Gasteiger partial charge in [0.15, 0.2) is 0 Å². The molecule has 0 amide bonds. The van der Waals surface area contributed by atoms with Gasteiger partial charge in [0, 0.05) is 25.1 Å². The Morgan fingerprint density at radius 1 is 1.10 bits per heavy atom. The predicted molar refractivity (Wildman–Crippen MR) is 118 cm³/mol. The largest absolute Gasteiger partial charge is 0.466 e. The second-order valence-electron chi connectivity index (χ2n) is 7.11. The number of aryl methyl sites for hydroxylation is 1. The summed E-state index contributed by atoms with van der Waals surface area (Å²) >= 11 is 0. The van der Waals surface area contributed by atoms with Crippen LogP contribution in [0.25, 0.3) is 5.57 Å². The zero-order valence-corrected chi connectivity index (χ0v) is 17.9. The average molecular weight is 424 g/mol. The molecule has 1 unspecified atom stereocenters. The van der Waals surface area contributed by atoms with Gasteiger partial charge in [-0.2, -0.15) is 4.31 Å². The Hall–Kier alpha value is -2.96. The van der Waals surface area contributed by atoms with Crippen molar-refractivity contribution in [3.05, 3.63) is 96.1 Å². The van der Waals surface area contributed by atoms with Crippen molar-refractivity contribution in [3.8, 4) is 0 Å². The summed E-state index contributed by atoms with van der Waals surface area (Å²) in [5.74, 6) is -0.635. The number of benzene rings is 2. The van der Waals surface area contributed by atoms with Crippen molar-refractivity contribution in [1.29, 1.82) is 0 Å². The highest BCUT2D eigenvalue weighted by Crippen LogP contribution is 2.35. The number of methoxy groups -OCH3 is 1. The summed E-state index contributed by atoms with van der Waals surface area (Å²) in [5.41, 5.74) is 3.59. The van der Waals surface area contributed by atoms with Crippen molar-refractivity contribution in [2.45, 2.75) is 11.8 Å². The third-order valence-electron chi connectivity index (χ3n) is 5.16. The Bertz CT molecular complexity index is 1080. The SMILES string of the molecule is C=CC1CN(S(=O)(=O)c2ccc(C)cc2)C/C1=C(/C=C/C(=O)OC)c1ccccc1. The standard InChI is InChI=1S/C24H25NO4S/c1-4-19-16-25(30(27,28)21-12-10-18(2)11-13-21)17-23(19)22(14-15-24(26)29-3)20-8-6-5-7-9-20/h4-15,19H,1,16-17H2,2-3H3/b15-14+,23-22+. The molecule has 0 aromatic heterocycles. The number of hydrogen-bond acceptors (Lipinski definition) is 4. The molecule has 156 valence electrons. The van der Waals surface area contributed by atoms with Crippen LogP contribution in [0.2, 0.25) is 0 Å². The normalized spacial score (nSPS) is 19.1. The maximum atomic E-state index is 13.2. The minimum atomic E-state index is -3.65. The molecule has 1 aliphatic heterocycles. The van der Waals surface area contributed by atoms with Crippen LogP contribution >= 0.6 is 0 Å². The van der Waals surface area contributed by atoms with Crippen molar-refractivity contribution in [2.24, 2.45) is 5.92 Å². The lowest BCUT2D eigenvalue weighted by Crippen LogP contribution is -2.28. The number of ether oxygens (including phenoxy) is 1. The lowest BCUT2D eigenvalue weighted by Gasteiger charge is -2.16. The van der Waals surface area contributed by atoms with Gasteiger partial charge in [-0.1, -0.05) is 54.1 Å². The number of nitrogens with zero attached hydrogens (tertiary/aromatic N) is 1. The smallest absolute Gasteiger partial charge is 0.330 e. The van der Waals surface area contributed by atoms with Gasteiger partial charge in [-0.3, -0.25) is 0 Å². The van der Waals surface area contributed by atoms with Gasteiger partial charge in [-0.05, 0) is 41.8 Å². The Labute approximate surface area is 178 Å². The minimum Gasteiger partial charge on any atom is -0.466 e. The molecular formula is C24H25NO4S. The van der Waals surface area contributed by atoms with Crippen LogP contribution in [0.3, 0.4) is 0 Å². The van der Waals surface area contributed by atoms with Crippen LogP contribution in [0.5, 0.6) is 0 Å². The van der Waals surface area contributed by atoms with Crippen LogP contribution in [0.15, 0.2) is 89.9 Å². The fourth-order valence-electron chi connectivity index (χ4n) is 3.47. The van der Waals surface area contributed by atoms with Crippen LogP contribution in [-0.2, 0) is 19.6 Å². The summed E-state index contributed by atoms with van der Waals surface area (Å²) in [7, 11) is -2.33. The highest BCUT2D eigenvalue weighted by Gasteiger charge is 2.35. The Morgan fingerprint density at radius 2 is 1.77 bits per heavy atom. The van der Waals surface area contributed by atoms with E-state index in [1.54, 1.807) is 36.4 Å². The molecule has 6 heteroatoms. The van der Waals surface area contributed by atoms with E-state index < -0.39 is 16.0 Å². The monoisotopic (exact) mass is 423 g/mol. The molecule has 0 radical (unpaired) electrons. The maximum Gasteiger partial charge on any atom is 0.330 e. The summed E-state index contributed by atoms with van der Waals surface area (Å²) in [5, 5.41) is 0. The van der Waals surface area contributed by atoms with Crippen LogP contribution in [0, 0.1) is 12.8 Å². The zero-order valence-electron chi connectivity index (χ0n) is 17.1. The van der Waals surface area contributed by atoms with E-state index >= 15 is 0 Å². The van der Waals surface area contributed by atoms with Gasteiger partial charge in [0.2, 0.25) is 10.0 Å². The molecule has 5 nitrogen and oxygen atoms in total. The van der Waals surface area contributed by atoms with Crippen LogP contribution in [0.4, 0.5) is 0 Å². The van der Waals surface area contributed by atoms with Crippen molar-refractivity contribution in [3.63, 3.8) is 0 Å². The summed E-state index contributed by atoms with van der Waals surface area (Å²) < 4.78 is 32.6. The summed E-state index contributed by atoms with van der Waals surface area (Å²) in [6.45, 7) is 6.36. The van der Waals surface area contributed by atoms with Gasteiger partial charge < -0.3 is 4.74 Å². The highest BCUT2D eigenvalue weighted by atomic mass is 32.2. The molecule has 1 atom stereocenters. The molecule has 0 spiro atoms. The number of rotatable bonds is 6. The number of sulfonamides is 1. The maximum absolute atomic E-state index is 13.2. The lowest BCUT2D eigenvalue weighted by molar-refractivity contribution is -0.134. The minimum absolute atomic E-state index is 0.164. The van der Waals surface area contributed by atoms with Crippen LogP contribution < -0.4 is 0 Å². The van der Waals surface area contributed by atoms with Gasteiger partial charge in [0.1, 0.15) is 0 Å². The van der Waals surface area contributed by atoms with E-state index in [4.69, 9.17) is 4.74 Å². The molecule has 2 aromatic rings. The number of esters is 1. The van der Waals surface area contributed by atoms with Crippen molar-refractivity contribution in [2.75, 3.05) is 20.2 Å². The Kier molecular flexibility index (Phi) is 6.70. The van der Waals surface area contributed by atoms with E-state index in [-0.39, 0.29) is 17.4 Å². The van der Waals surface area contributed by atoms with Gasteiger partial charge in [-0.15, -0.1) is 6.58 Å². The fraction of sp³-hybridized carbons (Fsp3) is 0.208. The third kappa shape index (κ3) is 4.61. The average Bonchev–Trinajstić information content (AvgIpc) is 3.20. The van der Waals surface area contributed by atoms with E-state index in [1.807, 2.05) is 37.3 Å². The van der Waals surface area contributed by atoms with E-state index in [1.165, 1.54) is 17.5 Å². The van der Waals surface area contributed by atoms with E-state index in [2.05, 4.69) is 6.58 Å². The zero-order chi connectivity index (χ0) is 21.7. The fourth-order valence-corrected chi connectivity index (χ4v) is 4.92. The van der Waals surface area contributed by atoms with Gasteiger partial charge >= 0.3 is 5.97 Å². The molecule has 30 heavy (non-hydrogen) atoms. The molecule has 3 rings (SSSR count). The van der Waals surface area contributed by atoms with Gasteiger partial charge in [-0.25, -0.2) is 13.2 Å². The first-order valence-electron chi connectivity index (χ1n) is 9.60. The first-order valence-corrected chi connectivity index (χ1v) is 11.0. The summed E-state index contributed by atoms with van der Waals surface area (Å²) in [6.07, 6.45) is 4.80. The first-order chi connectivity index (χ1) is 14.4. The van der Waals surface area contributed by atoms with E-state index in [9.17, 15) is 13.2 Å². The van der Waals surface area contributed by atoms with Crippen LogP contribution in [-0.4, -0.2) is 38.9 Å². The topological polar surface area (TPSA) is 63.7 Å². The third-order valence-corrected chi connectivity index (χ3v) is 6.98. The Balaban J connectivity index is 2.06. The number of carbonyl (C=O) groups is 1. The second kappa shape index (κ2) is 9.24. The quantitative estimate of drug-likeness (QED) is 0.400. The number of hydrogen-bond donors (Lipinski definition) is 0. The molecule has 1 saturated heterocycles. The van der Waals surface area contributed by atoms with E-state index in [0.29, 0.717) is 6.54 Å². The van der Waals surface area contributed by atoms with Crippen molar-refractivity contribution in [1.82, 2.24) is 4.31 Å². The molecule has 2 aromatic carbocycles. The van der Waals surface area contributed by atoms with Crippen molar-refractivity contribution >= 4 is 21.6 Å². The Morgan fingerprint density at radius 3 is 2.37 bits per heavy atom. The summed E-state index contributed by atoms with van der Waals surface area (Å²) in [6, 6.07) is 16.4.